The van der Waals surface area contributed by atoms with Gasteiger partial charge in [0, 0.05) is 7.05 Å². The van der Waals surface area contributed by atoms with Crippen LogP contribution in [-0.4, -0.2) is 13.0 Å². The minimum atomic E-state index is -0.538. The van der Waals surface area contributed by atoms with E-state index in [0.717, 1.165) is 0 Å². The molecule has 2 N–H and O–H groups in total. The molecule has 0 radical (unpaired) electrons. The van der Waals surface area contributed by atoms with Gasteiger partial charge < -0.3 is 10.6 Å². The molecule has 0 aliphatic rings. The Kier molecular flexibility index (Phi) is 3.28. The van der Waals surface area contributed by atoms with Crippen molar-refractivity contribution in [1.82, 2.24) is 0 Å². The van der Waals surface area contributed by atoms with Crippen LogP contribution in [0.15, 0.2) is 48.5 Å². The van der Waals surface area contributed by atoms with Crippen LogP contribution < -0.4 is 10.6 Å². The van der Waals surface area contributed by atoms with Gasteiger partial charge in [-0.05, 0) is 24.3 Å². The number of rotatable bonds is 2. The minimum Gasteiger partial charge on any atom is -0.397 e. The Hall–Kier alpha value is -2.36. The normalized spacial score (nSPS) is 10.1. The summed E-state index contributed by atoms with van der Waals surface area (Å²) in [5.41, 5.74) is 6.86. The summed E-state index contributed by atoms with van der Waals surface area (Å²) in [6.45, 7) is 0. The molecule has 0 fully saturated rings. The van der Waals surface area contributed by atoms with Gasteiger partial charge in [-0.15, -0.1) is 0 Å². The van der Waals surface area contributed by atoms with Crippen molar-refractivity contribution >= 4 is 17.3 Å². The second kappa shape index (κ2) is 4.87. The molecular formula is C14H13FN2O. The van der Waals surface area contributed by atoms with Gasteiger partial charge in [-0.25, -0.2) is 4.39 Å². The van der Waals surface area contributed by atoms with E-state index in [1.807, 2.05) is 0 Å². The number of anilines is 2. The number of carbonyl (C=O) groups is 1. The molecular weight excluding hydrogens is 231 g/mol. The Morgan fingerprint density at radius 3 is 2.39 bits per heavy atom. The fraction of sp³-hybridized carbons (Fsp3) is 0.0714. The van der Waals surface area contributed by atoms with E-state index >= 15 is 0 Å². The number of carbonyl (C=O) groups excluding carboxylic acids is 1. The van der Waals surface area contributed by atoms with Gasteiger partial charge >= 0.3 is 0 Å². The van der Waals surface area contributed by atoms with Crippen LogP contribution in [0.3, 0.4) is 0 Å². The van der Waals surface area contributed by atoms with E-state index in [4.69, 9.17) is 5.73 Å². The van der Waals surface area contributed by atoms with Gasteiger partial charge in [0.1, 0.15) is 5.82 Å². The van der Waals surface area contributed by atoms with Crippen LogP contribution in [0.5, 0.6) is 0 Å². The topological polar surface area (TPSA) is 46.3 Å². The maximum atomic E-state index is 13.5. The predicted octanol–water partition coefficient (Wildman–Crippen LogP) is 2.68. The molecule has 0 unspecified atom stereocenters. The highest BCUT2D eigenvalue weighted by Crippen LogP contribution is 2.23. The maximum Gasteiger partial charge on any atom is 0.261 e. The summed E-state index contributed by atoms with van der Waals surface area (Å²) in [6.07, 6.45) is 0. The molecule has 0 aromatic heterocycles. The van der Waals surface area contributed by atoms with Crippen molar-refractivity contribution in [1.29, 1.82) is 0 Å². The van der Waals surface area contributed by atoms with E-state index in [1.54, 1.807) is 43.4 Å². The van der Waals surface area contributed by atoms with Crippen LogP contribution in [0, 0.1) is 5.82 Å². The van der Waals surface area contributed by atoms with Crippen LogP contribution in [0.4, 0.5) is 15.8 Å². The van der Waals surface area contributed by atoms with Crippen molar-refractivity contribution in [2.24, 2.45) is 0 Å². The number of nitrogens with two attached hydrogens (primary N) is 1. The number of hydrogen-bond donors (Lipinski definition) is 1. The van der Waals surface area contributed by atoms with Crippen molar-refractivity contribution in [2.75, 3.05) is 17.7 Å². The minimum absolute atomic E-state index is 0.0308. The molecule has 0 aliphatic heterocycles. The summed E-state index contributed by atoms with van der Waals surface area (Å²) in [4.78, 5) is 13.5. The van der Waals surface area contributed by atoms with Crippen LogP contribution >= 0.6 is 0 Å². The lowest BCUT2D eigenvalue weighted by molar-refractivity contribution is 0.0989. The molecule has 0 atom stereocenters. The summed E-state index contributed by atoms with van der Waals surface area (Å²) < 4.78 is 13.5. The molecule has 0 heterocycles. The number of nitrogen functional groups attached to an aromatic ring is 1. The average Bonchev–Trinajstić information content (AvgIpc) is 2.38. The Labute approximate surface area is 105 Å². The molecule has 2 aromatic rings. The monoisotopic (exact) mass is 244 g/mol. The highest BCUT2D eigenvalue weighted by atomic mass is 19.1. The molecule has 1 amide bonds. The molecule has 0 saturated carbocycles. The first-order chi connectivity index (χ1) is 8.61. The van der Waals surface area contributed by atoms with Crippen molar-refractivity contribution < 1.29 is 9.18 Å². The molecule has 0 aliphatic carbocycles. The molecule has 0 spiro atoms. The van der Waals surface area contributed by atoms with Gasteiger partial charge in [-0.3, -0.25) is 4.79 Å². The third-order valence-electron chi connectivity index (χ3n) is 2.71. The van der Waals surface area contributed by atoms with Crippen molar-refractivity contribution in [3.63, 3.8) is 0 Å². The van der Waals surface area contributed by atoms with Crippen LogP contribution in [0.1, 0.15) is 10.4 Å². The summed E-state index contributed by atoms with van der Waals surface area (Å²) in [5.74, 6) is -0.963. The summed E-state index contributed by atoms with van der Waals surface area (Å²) in [6, 6.07) is 12.8. The fourth-order valence-electron chi connectivity index (χ4n) is 1.72. The second-order valence-electron chi connectivity index (χ2n) is 3.90. The second-order valence-corrected chi connectivity index (χ2v) is 3.90. The number of nitrogens with zero attached hydrogens (tertiary/aromatic N) is 1. The van der Waals surface area contributed by atoms with Crippen LogP contribution in [-0.2, 0) is 0 Å². The molecule has 0 bridgehead atoms. The van der Waals surface area contributed by atoms with Gasteiger partial charge in [0.05, 0.1) is 16.9 Å². The zero-order valence-corrected chi connectivity index (χ0v) is 9.93. The first-order valence-electron chi connectivity index (χ1n) is 5.48. The highest BCUT2D eigenvalue weighted by molar-refractivity contribution is 6.07. The van der Waals surface area contributed by atoms with Crippen LogP contribution in [0.25, 0.3) is 0 Å². The van der Waals surface area contributed by atoms with Crippen molar-refractivity contribution in [3.05, 3.63) is 59.9 Å². The lowest BCUT2D eigenvalue weighted by Gasteiger charge is -2.19. The first-order valence-corrected chi connectivity index (χ1v) is 5.48. The lowest BCUT2D eigenvalue weighted by atomic mass is 10.1. The molecule has 2 aromatic carbocycles. The Morgan fingerprint density at radius 2 is 1.72 bits per heavy atom. The van der Waals surface area contributed by atoms with E-state index in [9.17, 15) is 9.18 Å². The van der Waals surface area contributed by atoms with Gasteiger partial charge in [0.25, 0.3) is 5.91 Å². The zero-order valence-electron chi connectivity index (χ0n) is 9.93. The SMILES string of the molecule is CN(C(=O)c1ccccc1F)c1ccccc1N. The molecule has 3 nitrogen and oxygen atoms in total. The van der Waals surface area contributed by atoms with Gasteiger partial charge in [0.2, 0.25) is 0 Å². The number of hydrogen-bond acceptors (Lipinski definition) is 2. The first kappa shape index (κ1) is 12.1. The predicted molar refractivity (Wildman–Crippen MR) is 70.0 cm³/mol. The smallest absolute Gasteiger partial charge is 0.261 e. The quantitative estimate of drug-likeness (QED) is 0.825. The number of benzene rings is 2. The van der Waals surface area contributed by atoms with E-state index < -0.39 is 11.7 Å². The molecule has 92 valence electrons. The molecule has 4 heteroatoms. The molecule has 0 saturated heterocycles. The third kappa shape index (κ3) is 2.18. The van der Waals surface area contributed by atoms with Crippen molar-refractivity contribution in [2.45, 2.75) is 0 Å². The number of amides is 1. The van der Waals surface area contributed by atoms with Crippen molar-refractivity contribution in [3.8, 4) is 0 Å². The van der Waals surface area contributed by atoms with E-state index in [0.29, 0.717) is 11.4 Å². The highest BCUT2D eigenvalue weighted by Gasteiger charge is 2.18. The summed E-state index contributed by atoms with van der Waals surface area (Å²) in [7, 11) is 1.57. The number of halogens is 1. The fourth-order valence-corrected chi connectivity index (χ4v) is 1.72. The molecule has 18 heavy (non-hydrogen) atoms. The standard InChI is InChI=1S/C14H13FN2O/c1-17(13-9-5-4-8-12(13)16)14(18)10-6-2-3-7-11(10)15/h2-9H,16H2,1H3. The summed E-state index contributed by atoms with van der Waals surface area (Å²) >= 11 is 0. The van der Waals surface area contributed by atoms with E-state index in [1.165, 1.54) is 17.0 Å². The van der Waals surface area contributed by atoms with Gasteiger partial charge in [-0.1, -0.05) is 24.3 Å². The molecule has 2 rings (SSSR count). The van der Waals surface area contributed by atoms with Gasteiger partial charge in [-0.2, -0.15) is 0 Å². The Bertz CT molecular complexity index is 584. The average molecular weight is 244 g/mol. The van der Waals surface area contributed by atoms with Crippen LogP contribution in [0.2, 0.25) is 0 Å². The number of para-hydroxylation sites is 2. The maximum absolute atomic E-state index is 13.5. The Balaban J connectivity index is 2.36. The zero-order chi connectivity index (χ0) is 13.1. The van der Waals surface area contributed by atoms with E-state index in [-0.39, 0.29) is 5.56 Å². The lowest BCUT2D eigenvalue weighted by Crippen LogP contribution is -2.27. The van der Waals surface area contributed by atoms with Gasteiger partial charge in [0.15, 0.2) is 0 Å². The summed E-state index contributed by atoms with van der Waals surface area (Å²) in [5, 5.41) is 0. The Morgan fingerprint density at radius 1 is 1.11 bits per heavy atom. The third-order valence-corrected chi connectivity index (χ3v) is 2.71. The largest absolute Gasteiger partial charge is 0.397 e. The van der Waals surface area contributed by atoms with E-state index in [2.05, 4.69) is 0 Å².